The molecule has 1 N–H and O–H groups in total. The number of fused-ring (bicyclic) bond motifs is 1. The number of unbranched alkanes of at least 4 members (excludes halogenated alkanes) is 1. The SMILES string of the molecule is CCCCOc1ccc(/C=C2\C(=O)N(CCC(=O)O)C(=O)c3ccccc32)cc1OC. The van der Waals surface area contributed by atoms with Crippen LogP contribution in [0.1, 0.15) is 47.7 Å². The van der Waals surface area contributed by atoms with Crippen molar-refractivity contribution in [2.75, 3.05) is 20.3 Å². The van der Waals surface area contributed by atoms with Crippen LogP contribution in [0.15, 0.2) is 42.5 Å². The van der Waals surface area contributed by atoms with Crippen molar-refractivity contribution in [3.8, 4) is 11.5 Å². The zero-order valence-corrected chi connectivity index (χ0v) is 17.6. The molecule has 0 atom stereocenters. The van der Waals surface area contributed by atoms with Gasteiger partial charge in [0.25, 0.3) is 11.8 Å². The number of nitrogens with zero attached hydrogens (tertiary/aromatic N) is 1. The Labute approximate surface area is 180 Å². The molecule has 1 heterocycles. The normalized spacial score (nSPS) is 14.5. The fourth-order valence-corrected chi connectivity index (χ4v) is 3.34. The summed E-state index contributed by atoms with van der Waals surface area (Å²) in [6.45, 7) is 2.48. The zero-order chi connectivity index (χ0) is 22.4. The Kier molecular flexibility index (Phi) is 7.07. The first-order valence-electron chi connectivity index (χ1n) is 10.2. The lowest BCUT2D eigenvalue weighted by Gasteiger charge is -2.28. The Balaban J connectivity index is 1.99. The van der Waals surface area contributed by atoms with Crippen LogP contribution in [0.25, 0.3) is 11.6 Å². The van der Waals surface area contributed by atoms with Gasteiger partial charge in [-0.15, -0.1) is 0 Å². The third-order valence-corrected chi connectivity index (χ3v) is 4.97. The molecule has 2 amide bonds. The number of ether oxygens (including phenoxy) is 2. The van der Waals surface area contributed by atoms with E-state index in [1.165, 1.54) is 0 Å². The van der Waals surface area contributed by atoms with Gasteiger partial charge in [0.15, 0.2) is 11.5 Å². The summed E-state index contributed by atoms with van der Waals surface area (Å²) in [7, 11) is 1.55. The number of benzene rings is 2. The molecule has 3 rings (SSSR count). The van der Waals surface area contributed by atoms with Crippen LogP contribution in [0, 0.1) is 0 Å². The highest BCUT2D eigenvalue weighted by Crippen LogP contribution is 2.33. The third kappa shape index (κ3) is 4.94. The minimum absolute atomic E-state index is 0.188. The van der Waals surface area contributed by atoms with Gasteiger partial charge in [-0.1, -0.05) is 37.6 Å². The van der Waals surface area contributed by atoms with Gasteiger partial charge in [0.1, 0.15) is 0 Å². The smallest absolute Gasteiger partial charge is 0.305 e. The third-order valence-electron chi connectivity index (χ3n) is 4.97. The number of hydrogen-bond donors (Lipinski definition) is 1. The molecule has 162 valence electrons. The molecular weight excluding hydrogens is 398 g/mol. The van der Waals surface area contributed by atoms with E-state index in [4.69, 9.17) is 14.6 Å². The predicted molar refractivity (Wildman–Crippen MR) is 116 cm³/mol. The van der Waals surface area contributed by atoms with Crippen molar-refractivity contribution in [2.24, 2.45) is 0 Å². The summed E-state index contributed by atoms with van der Waals surface area (Å²) in [6, 6.07) is 12.2. The van der Waals surface area contributed by atoms with Gasteiger partial charge in [-0.2, -0.15) is 0 Å². The van der Waals surface area contributed by atoms with E-state index in [1.54, 1.807) is 49.6 Å². The number of rotatable bonds is 9. The maximum absolute atomic E-state index is 13.1. The largest absolute Gasteiger partial charge is 0.493 e. The number of amides is 2. The van der Waals surface area contributed by atoms with E-state index in [2.05, 4.69) is 6.92 Å². The fraction of sp³-hybridized carbons (Fsp3) is 0.292. The van der Waals surface area contributed by atoms with Crippen molar-refractivity contribution in [2.45, 2.75) is 26.2 Å². The zero-order valence-electron chi connectivity index (χ0n) is 17.6. The van der Waals surface area contributed by atoms with Gasteiger partial charge < -0.3 is 14.6 Å². The molecule has 31 heavy (non-hydrogen) atoms. The molecule has 0 fully saturated rings. The van der Waals surface area contributed by atoms with Crippen LogP contribution in [0.2, 0.25) is 0 Å². The second-order valence-corrected chi connectivity index (χ2v) is 7.12. The summed E-state index contributed by atoms with van der Waals surface area (Å²) in [4.78, 5) is 37.8. The Morgan fingerprint density at radius 1 is 1.06 bits per heavy atom. The van der Waals surface area contributed by atoms with E-state index in [0.29, 0.717) is 40.4 Å². The van der Waals surface area contributed by atoms with E-state index >= 15 is 0 Å². The van der Waals surface area contributed by atoms with Crippen LogP contribution in [0.4, 0.5) is 0 Å². The molecule has 0 unspecified atom stereocenters. The summed E-state index contributed by atoms with van der Waals surface area (Å²) in [5, 5.41) is 8.98. The van der Waals surface area contributed by atoms with Gasteiger partial charge in [0.2, 0.25) is 0 Å². The van der Waals surface area contributed by atoms with Crippen LogP contribution in [-0.4, -0.2) is 48.1 Å². The highest BCUT2D eigenvalue weighted by molar-refractivity contribution is 6.33. The highest BCUT2D eigenvalue weighted by atomic mass is 16.5. The Morgan fingerprint density at radius 3 is 2.48 bits per heavy atom. The summed E-state index contributed by atoms with van der Waals surface area (Å²) in [5.41, 5.74) is 1.91. The monoisotopic (exact) mass is 423 g/mol. The number of carboxylic acid groups (broad SMARTS) is 1. The predicted octanol–water partition coefficient (Wildman–Crippen LogP) is 3.87. The van der Waals surface area contributed by atoms with Gasteiger partial charge in [0, 0.05) is 17.7 Å². The summed E-state index contributed by atoms with van der Waals surface area (Å²) < 4.78 is 11.2. The lowest BCUT2D eigenvalue weighted by molar-refractivity contribution is -0.137. The second kappa shape index (κ2) is 9.93. The van der Waals surface area contributed by atoms with Crippen LogP contribution in [-0.2, 0) is 9.59 Å². The molecule has 0 bridgehead atoms. The van der Waals surface area contributed by atoms with Crippen molar-refractivity contribution in [3.63, 3.8) is 0 Å². The first kappa shape index (κ1) is 22.1. The summed E-state index contributed by atoms with van der Waals surface area (Å²) in [6.07, 6.45) is 3.32. The molecule has 0 radical (unpaired) electrons. The number of hydrogen-bond acceptors (Lipinski definition) is 5. The maximum atomic E-state index is 13.1. The molecule has 7 nitrogen and oxygen atoms in total. The molecule has 2 aromatic rings. The molecule has 0 spiro atoms. The lowest BCUT2D eigenvalue weighted by atomic mass is 9.92. The van der Waals surface area contributed by atoms with Crippen molar-refractivity contribution >= 4 is 29.4 Å². The average molecular weight is 423 g/mol. The number of imide groups is 1. The van der Waals surface area contributed by atoms with Crippen LogP contribution in [0.5, 0.6) is 11.5 Å². The highest BCUT2D eigenvalue weighted by Gasteiger charge is 2.34. The molecule has 0 aliphatic carbocycles. The Morgan fingerprint density at radius 2 is 1.81 bits per heavy atom. The molecule has 1 aliphatic rings. The lowest BCUT2D eigenvalue weighted by Crippen LogP contribution is -2.42. The van der Waals surface area contributed by atoms with Gasteiger partial charge in [-0.25, -0.2) is 0 Å². The minimum atomic E-state index is -1.08. The molecule has 0 saturated heterocycles. The summed E-state index contributed by atoms with van der Waals surface area (Å²) in [5.74, 6) is -0.927. The Bertz CT molecular complexity index is 1030. The van der Waals surface area contributed by atoms with Crippen molar-refractivity contribution < 1.29 is 29.0 Å². The first-order valence-corrected chi connectivity index (χ1v) is 10.2. The molecule has 0 saturated carbocycles. The molecule has 7 heteroatoms. The van der Waals surface area contributed by atoms with E-state index in [1.807, 2.05) is 6.07 Å². The Hall–Kier alpha value is -3.61. The van der Waals surface area contributed by atoms with Gasteiger partial charge in [-0.3, -0.25) is 19.3 Å². The van der Waals surface area contributed by atoms with Crippen molar-refractivity contribution in [1.29, 1.82) is 0 Å². The van der Waals surface area contributed by atoms with E-state index in [0.717, 1.165) is 17.7 Å². The molecule has 1 aliphatic heterocycles. The van der Waals surface area contributed by atoms with Crippen LogP contribution >= 0.6 is 0 Å². The number of methoxy groups -OCH3 is 1. The van der Waals surface area contributed by atoms with E-state index in [-0.39, 0.29) is 13.0 Å². The van der Waals surface area contributed by atoms with Crippen LogP contribution < -0.4 is 9.47 Å². The second-order valence-electron chi connectivity index (χ2n) is 7.12. The number of carbonyl (C=O) groups is 3. The van der Waals surface area contributed by atoms with E-state index < -0.39 is 17.8 Å². The number of carbonyl (C=O) groups excluding carboxylic acids is 2. The minimum Gasteiger partial charge on any atom is -0.493 e. The van der Waals surface area contributed by atoms with Crippen molar-refractivity contribution in [1.82, 2.24) is 4.90 Å². The summed E-state index contributed by atoms with van der Waals surface area (Å²) >= 11 is 0. The first-order chi connectivity index (χ1) is 15.0. The number of aliphatic carboxylic acids is 1. The van der Waals surface area contributed by atoms with Crippen LogP contribution in [0.3, 0.4) is 0 Å². The van der Waals surface area contributed by atoms with Gasteiger partial charge in [0.05, 0.1) is 20.1 Å². The van der Waals surface area contributed by atoms with Crippen molar-refractivity contribution in [3.05, 3.63) is 59.2 Å². The quantitative estimate of drug-likeness (QED) is 0.374. The molecular formula is C24H25NO6. The maximum Gasteiger partial charge on any atom is 0.305 e. The molecule has 2 aromatic carbocycles. The van der Waals surface area contributed by atoms with Gasteiger partial charge >= 0.3 is 5.97 Å². The topological polar surface area (TPSA) is 93.1 Å². The average Bonchev–Trinajstić information content (AvgIpc) is 2.77. The number of carboxylic acids is 1. The fourth-order valence-electron chi connectivity index (χ4n) is 3.34. The van der Waals surface area contributed by atoms with Gasteiger partial charge in [-0.05, 0) is 41.8 Å². The standard InChI is InChI=1S/C24H25NO6/c1-3-4-13-31-20-10-9-16(15-21(20)30-2)14-19-17-7-5-6-8-18(17)23(28)25(24(19)29)12-11-22(26)27/h5-10,14-15H,3-4,11-13H2,1-2H3,(H,26,27)/b19-14-. The molecule has 0 aromatic heterocycles. The van der Waals surface area contributed by atoms with E-state index in [9.17, 15) is 14.4 Å².